The number of pyridine rings is 2. The number of ether oxygens (including phenoxy) is 2. The fourth-order valence-corrected chi connectivity index (χ4v) is 3.96. The number of aryl methyl sites for hydroxylation is 1. The molecule has 176 valence electrons. The second kappa shape index (κ2) is 10.4. The summed E-state index contributed by atoms with van der Waals surface area (Å²) in [6.07, 6.45) is 7.42. The Kier molecular flexibility index (Phi) is 6.70. The van der Waals surface area contributed by atoms with Crippen LogP contribution in [0.25, 0.3) is 33.7 Å². The van der Waals surface area contributed by atoms with E-state index in [1.807, 2.05) is 68.7 Å². The maximum atomic E-state index is 6.11. The highest BCUT2D eigenvalue weighted by Crippen LogP contribution is 2.31. The Morgan fingerprint density at radius 2 is 1.71 bits per heavy atom. The molecule has 6 nitrogen and oxygen atoms in total. The molecule has 0 aliphatic heterocycles. The van der Waals surface area contributed by atoms with Crippen LogP contribution in [0, 0.1) is 0 Å². The number of rotatable bonds is 9. The Balaban J connectivity index is 1.38. The average Bonchev–Trinajstić information content (AvgIpc) is 3.31. The standard InChI is InChI=1S/C29H28N4O2/c1-20(2)35-26-15-23(14-25(17-26)34-13-7-9-21-8-6-12-30-18-21)28-32-27-16-24(19-31-29(27)33-28)22-10-4-3-5-11-22/h3-6,8,10-12,14-20H,7,9,13H2,1-2H3,(H,31,32,33). The number of nitrogens with zero attached hydrogens (tertiary/aromatic N) is 3. The number of hydrogen-bond acceptors (Lipinski definition) is 5. The Morgan fingerprint density at radius 1 is 0.857 bits per heavy atom. The van der Waals surface area contributed by atoms with Crippen molar-refractivity contribution in [2.24, 2.45) is 0 Å². The van der Waals surface area contributed by atoms with Gasteiger partial charge in [0.1, 0.15) is 22.8 Å². The molecular formula is C29H28N4O2. The molecule has 0 unspecified atom stereocenters. The molecule has 0 fully saturated rings. The van der Waals surface area contributed by atoms with Crippen molar-refractivity contribution < 1.29 is 9.47 Å². The Hall–Kier alpha value is -4.19. The highest BCUT2D eigenvalue weighted by atomic mass is 16.5. The van der Waals surface area contributed by atoms with E-state index in [2.05, 4.69) is 39.2 Å². The van der Waals surface area contributed by atoms with Crippen LogP contribution in [0.2, 0.25) is 0 Å². The lowest BCUT2D eigenvalue weighted by atomic mass is 10.1. The predicted octanol–water partition coefficient (Wildman–Crippen LogP) is 6.49. The number of H-pyrrole nitrogens is 1. The number of aromatic amines is 1. The molecule has 0 radical (unpaired) electrons. The maximum Gasteiger partial charge on any atom is 0.157 e. The van der Waals surface area contributed by atoms with E-state index in [0.717, 1.165) is 58.0 Å². The van der Waals surface area contributed by atoms with E-state index in [0.29, 0.717) is 6.61 Å². The molecule has 1 N–H and O–H groups in total. The molecule has 35 heavy (non-hydrogen) atoms. The van der Waals surface area contributed by atoms with Crippen molar-refractivity contribution in [1.82, 2.24) is 19.9 Å². The summed E-state index contributed by atoms with van der Waals surface area (Å²) >= 11 is 0. The first-order chi connectivity index (χ1) is 17.1. The normalized spacial score (nSPS) is 11.2. The number of hydrogen-bond donors (Lipinski definition) is 1. The fourth-order valence-electron chi connectivity index (χ4n) is 3.96. The molecule has 2 aromatic carbocycles. The second-order valence-electron chi connectivity index (χ2n) is 8.72. The monoisotopic (exact) mass is 464 g/mol. The van der Waals surface area contributed by atoms with Crippen LogP contribution in [0.5, 0.6) is 11.5 Å². The first kappa shape index (κ1) is 22.6. The number of imidazole rings is 1. The maximum absolute atomic E-state index is 6.11. The predicted molar refractivity (Wildman–Crippen MR) is 139 cm³/mol. The van der Waals surface area contributed by atoms with E-state index in [9.17, 15) is 0 Å². The molecule has 5 aromatic rings. The largest absolute Gasteiger partial charge is 0.493 e. The molecule has 0 aliphatic rings. The molecule has 0 saturated heterocycles. The van der Waals surface area contributed by atoms with Gasteiger partial charge in [0.15, 0.2) is 5.65 Å². The topological polar surface area (TPSA) is 72.9 Å². The molecule has 0 aliphatic carbocycles. The first-order valence-corrected chi connectivity index (χ1v) is 11.9. The van der Waals surface area contributed by atoms with Crippen molar-refractivity contribution in [3.05, 3.63) is 90.9 Å². The number of benzene rings is 2. The van der Waals surface area contributed by atoms with Gasteiger partial charge in [-0.15, -0.1) is 0 Å². The molecule has 0 amide bonds. The highest BCUT2D eigenvalue weighted by Gasteiger charge is 2.12. The van der Waals surface area contributed by atoms with Crippen LogP contribution >= 0.6 is 0 Å². The van der Waals surface area contributed by atoms with Gasteiger partial charge in [-0.25, -0.2) is 9.97 Å². The van der Waals surface area contributed by atoms with Gasteiger partial charge in [0.25, 0.3) is 0 Å². The average molecular weight is 465 g/mol. The zero-order valence-corrected chi connectivity index (χ0v) is 19.9. The van der Waals surface area contributed by atoms with Gasteiger partial charge in [-0.2, -0.15) is 0 Å². The van der Waals surface area contributed by atoms with Gasteiger partial charge in [-0.05, 0) is 62.1 Å². The van der Waals surface area contributed by atoms with Crippen molar-refractivity contribution >= 4 is 11.2 Å². The minimum Gasteiger partial charge on any atom is -0.493 e. The second-order valence-corrected chi connectivity index (χ2v) is 8.72. The lowest BCUT2D eigenvalue weighted by molar-refractivity contribution is 0.240. The Labute approximate surface area is 205 Å². The van der Waals surface area contributed by atoms with E-state index in [4.69, 9.17) is 14.5 Å². The third-order valence-electron chi connectivity index (χ3n) is 5.57. The fraction of sp³-hybridized carbons (Fsp3) is 0.207. The van der Waals surface area contributed by atoms with Crippen molar-refractivity contribution in [3.8, 4) is 34.0 Å². The zero-order valence-electron chi connectivity index (χ0n) is 19.9. The van der Waals surface area contributed by atoms with Crippen LogP contribution in [0.1, 0.15) is 25.8 Å². The van der Waals surface area contributed by atoms with E-state index < -0.39 is 0 Å². The number of nitrogens with one attached hydrogen (secondary N) is 1. The quantitative estimate of drug-likeness (QED) is 0.253. The van der Waals surface area contributed by atoms with E-state index in [1.165, 1.54) is 5.56 Å². The molecule has 3 aromatic heterocycles. The third-order valence-corrected chi connectivity index (χ3v) is 5.57. The van der Waals surface area contributed by atoms with E-state index >= 15 is 0 Å². The van der Waals surface area contributed by atoms with Gasteiger partial charge in [0.2, 0.25) is 0 Å². The van der Waals surface area contributed by atoms with Gasteiger partial charge in [0.05, 0.1) is 12.7 Å². The summed E-state index contributed by atoms with van der Waals surface area (Å²) in [4.78, 5) is 17.0. The van der Waals surface area contributed by atoms with Gasteiger partial charge in [-0.3, -0.25) is 4.98 Å². The van der Waals surface area contributed by atoms with Crippen LogP contribution in [-0.4, -0.2) is 32.6 Å². The molecule has 6 heteroatoms. The SMILES string of the molecule is CC(C)Oc1cc(OCCCc2cccnc2)cc(-c2nc3cc(-c4ccccc4)cnc3[nH]2)c1. The molecular weight excluding hydrogens is 436 g/mol. The smallest absolute Gasteiger partial charge is 0.157 e. The first-order valence-electron chi connectivity index (χ1n) is 11.9. The van der Waals surface area contributed by atoms with Gasteiger partial charge in [0, 0.05) is 35.8 Å². The van der Waals surface area contributed by atoms with Crippen LogP contribution < -0.4 is 9.47 Å². The van der Waals surface area contributed by atoms with Crippen LogP contribution in [0.15, 0.2) is 85.3 Å². The van der Waals surface area contributed by atoms with Gasteiger partial charge < -0.3 is 14.5 Å². The molecule has 3 heterocycles. The van der Waals surface area contributed by atoms with Crippen LogP contribution in [-0.2, 0) is 6.42 Å². The van der Waals surface area contributed by atoms with Crippen molar-refractivity contribution in [2.75, 3.05) is 6.61 Å². The van der Waals surface area contributed by atoms with E-state index in [-0.39, 0.29) is 6.10 Å². The van der Waals surface area contributed by atoms with Crippen LogP contribution in [0.4, 0.5) is 0 Å². The minimum absolute atomic E-state index is 0.0504. The molecule has 0 bridgehead atoms. The Bertz CT molecular complexity index is 1400. The third kappa shape index (κ3) is 5.66. The summed E-state index contributed by atoms with van der Waals surface area (Å²) in [5.41, 5.74) is 5.80. The van der Waals surface area contributed by atoms with Crippen molar-refractivity contribution in [3.63, 3.8) is 0 Å². The number of aromatic nitrogens is 4. The molecule has 5 rings (SSSR count). The summed E-state index contributed by atoms with van der Waals surface area (Å²) in [7, 11) is 0. The van der Waals surface area contributed by atoms with Crippen LogP contribution in [0.3, 0.4) is 0 Å². The van der Waals surface area contributed by atoms with Gasteiger partial charge >= 0.3 is 0 Å². The molecule has 0 atom stereocenters. The highest BCUT2D eigenvalue weighted by molar-refractivity contribution is 5.81. The molecule has 0 spiro atoms. The summed E-state index contributed by atoms with van der Waals surface area (Å²) < 4.78 is 12.1. The van der Waals surface area contributed by atoms with Gasteiger partial charge in [-0.1, -0.05) is 36.4 Å². The zero-order chi connectivity index (χ0) is 24.0. The Morgan fingerprint density at radius 3 is 2.51 bits per heavy atom. The summed E-state index contributed by atoms with van der Waals surface area (Å²) in [5.74, 6) is 2.23. The van der Waals surface area contributed by atoms with E-state index in [1.54, 1.807) is 6.20 Å². The van der Waals surface area contributed by atoms with Crippen molar-refractivity contribution in [2.45, 2.75) is 32.8 Å². The number of fused-ring (bicyclic) bond motifs is 1. The lowest BCUT2D eigenvalue weighted by Crippen LogP contribution is -2.06. The summed E-state index contributed by atoms with van der Waals surface area (Å²) in [5, 5.41) is 0. The van der Waals surface area contributed by atoms with Crippen molar-refractivity contribution in [1.29, 1.82) is 0 Å². The summed E-state index contributed by atoms with van der Waals surface area (Å²) in [6, 6.07) is 22.2. The molecule has 0 saturated carbocycles. The lowest BCUT2D eigenvalue weighted by Gasteiger charge is -2.13. The minimum atomic E-state index is 0.0504. The summed E-state index contributed by atoms with van der Waals surface area (Å²) in [6.45, 7) is 4.62.